The Kier molecular flexibility index (Phi) is 5.16. The van der Waals surface area contributed by atoms with Gasteiger partial charge in [0.2, 0.25) is 0 Å². The van der Waals surface area contributed by atoms with Crippen LogP contribution in [0, 0.1) is 0 Å². The zero-order valence-corrected chi connectivity index (χ0v) is 13.8. The molecule has 3 rings (SSSR count). The van der Waals surface area contributed by atoms with Crippen LogP contribution in [-0.4, -0.2) is 30.6 Å². The first kappa shape index (κ1) is 17.2. The number of methoxy groups -OCH3 is 1. The van der Waals surface area contributed by atoms with E-state index in [0.717, 1.165) is 18.4 Å². The Morgan fingerprint density at radius 3 is 2.48 bits per heavy atom. The van der Waals surface area contributed by atoms with Crippen molar-refractivity contribution in [2.45, 2.75) is 32.0 Å². The highest BCUT2D eigenvalue weighted by molar-refractivity contribution is 5.95. The summed E-state index contributed by atoms with van der Waals surface area (Å²) in [5.74, 6) is -0.120. The molecule has 0 radical (unpaired) electrons. The van der Waals surface area contributed by atoms with Gasteiger partial charge in [-0.25, -0.2) is 0 Å². The molecule has 0 bridgehead atoms. The Bertz CT molecular complexity index is 733. The van der Waals surface area contributed by atoms with Crippen molar-refractivity contribution >= 4 is 5.91 Å². The molecular formula is C19H19F2NO3. The molecule has 1 amide bonds. The normalized spacial score (nSPS) is 13.6. The maximum atomic E-state index is 12.9. The molecule has 25 heavy (non-hydrogen) atoms. The average molecular weight is 347 g/mol. The number of amides is 1. The quantitative estimate of drug-likeness (QED) is 0.757. The lowest BCUT2D eigenvalue weighted by Crippen LogP contribution is -2.32. The molecule has 1 aliphatic rings. The number of benzene rings is 2. The average Bonchev–Trinajstić information content (AvgIpc) is 3.45. The van der Waals surface area contributed by atoms with Gasteiger partial charge in [-0.05, 0) is 36.6 Å². The molecule has 0 aliphatic heterocycles. The molecule has 0 unspecified atom stereocenters. The smallest absolute Gasteiger partial charge is 0.387 e. The highest BCUT2D eigenvalue weighted by atomic mass is 19.3. The minimum atomic E-state index is -2.95. The summed E-state index contributed by atoms with van der Waals surface area (Å²) in [6, 6.07) is 14.2. The summed E-state index contributed by atoms with van der Waals surface area (Å²) in [6.07, 6.45) is 1.95. The van der Waals surface area contributed by atoms with Gasteiger partial charge in [-0.3, -0.25) is 4.79 Å². The Balaban J connectivity index is 1.82. The maximum absolute atomic E-state index is 12.9. The molecule has 1 saturated carbocycles. The monoisotopic (exact) mass is 347 g/mol. The van der Waals surface area contributed by atoms with Crippen LogP contribution in [0.5, 0.6) is 11.5 Å². The van der Waals surface area contributed by atoms with E-state index in [2.05, 4.69) is 4.74 Å². The van der Waals surface area contributed by atoms with Crippen molar-refractivity contribution in [3.8, 4) is 11.5 Å². The molecule has 132 valence electrons. The van der Waals surface area contributed by atoms with Crippen molar-refractivity contribution in [3.63, 3.8) is 0 Å². The lowest BCUT2D eigenvalue weighted by molar-refractivity contribution is -0.0512. The van der Waals surface area contributed by atoms with Crippen molar-refractivity contribution in [1.82, 2.24) is 4.90 Å². The second kappa shape index (κ2) is 7.51. The van der Waals surface area contributed by atoms with E-state index in [1.807, 2.05) is 35.2 Å². The number of halogens is 2. The fraction of sp³-hybridized carbons (Fsp3) is 0.316. The number of hydrogen-bond acceptors (Lipinski definition) is 3. The van der Waals surface area contributed by atoms with Crippen molar-refractivity contribution < 1.29 is 23.0 Å². The summed E-state index contributed by atoms with van der Waals surface area (Å²) in [4.78, 5) is 14.7. The molecule has 0 heterocycles. The second-order valence-electron chi connectivity index (χ2n) is 5.89. The van der Waals surface area contributed by atoms with Crippen LogP contribution in [0.25, 0.3) is 0 Å². The fourth-order valence-electron chi connectivity index (χ4n) is 2.69. The number of carbonyl (C=O) groups excluding carboxylic acids is 1. The summed E-state index contributed by atoms with van der Waals surface area (Å²) < 4.78 is 34.3. The van der Waals surface area contributed by atoms with Crippen LogP contribution in [0.3, 0.4) is 0 Å². The third-order valence-electron chi connectivity index (χ3n) is 4.07. The lowest BCUT2D eigenvalue weighted by Gasteiger charge is -2.23. The van der Waals surface area contributed by atoms with E-state index in [1.54, 1.807) is 0 Å². The van der Waals surface area contributed by atoms with E-state index in [4.69, 9.17) is 4.74 Å². The van der Waals surface area contributed by atoms with Gasteiger partial charge in [-0.2, -0.15) is 8.78 Å². The van der Waals surface area contributed by atoms with Crippen molar-refractivity contribution in [1.29, 1.82) is 0 Å². The van der Waals surface area contributed by atoms with Gasteiger partial charge in [0.1, 0.15) is 0 Å². The Hall–Kier alpha value is -2.63. The van der Waals surface area contributed by atoms with Crippen molar-refractivity contribution in [2.75, 3.05) is 7.11 Å². The number of alkyl halides is 2. The van der Waals surface area contributed by atoms with Crippen LogP contribution in [-0.2, 0) is 6.54 Å². The third kappa shape index (κ3) is 4.26. The molecule has 2 aromatic carbocycles. The lowest BCUT2D eigenvalue weighted by atomic mass is 10.1. The molecule has 0 aromatic heterocycles. The second-order valence-corrected chi connectivity index (χ2v) is 5.89. The van der Waals surface area contributed by atoms with E-state index >= 15 is 0 Å². The van der Waals surface area contributed by atoms with Crippen LogP contribution >= 0.6 is 0 Å². The summed E-state index contributed by atoms with van der Waals surface area (Å²) in [6.45, 7) is -2.43. The highest BCUT2D eigenvalue weighted by Gasteiger charge is 2.33. The van der Waals surface area contributed by atoms with E-state index in [-0.39, 0.29) is 23.4 Å². The van der Waals surface area contributed by atoms with Gasteiger partial charge in [0.05, 0.1) is 7.11 Å². The number of rotatable bonds is 7. The van der Waals surface area contributed by atoms with Crippen LogP contribution in [0.4, 0.5) is 8.78 Å². The third-order valence-corrected chi connectivity index (χ3v) is 4.07. The highest BCUT2D eigenvalue weighted by Crippen LogP contribution is 2.33. The molecule has 0 atom stereocenters. The molecule has 4 nitrogen and oxygen atoms in total. The zero-order valence-electron chi connectivity index (χ0n) is 13.8. The first-order valence-corrected chi connectivity index (χ1v) is 8.06. The van der Waals surface area contributed by atoms with Crippen molar-refractivity contribution in [2.24, 2.45) is 0 Å². The van der Waals surface area contributed by atoms with Gasteiger partial charge < -0.3 is 14.4 Å². The fourth-order valence-corrected chi connectivity index (χ4v) is 2.69. The molecule has 0 N–H and O–H groups in total. The largest absolute Gasteiger partial charge is 0.493 e. The molecule has 1 aliphatic carbocycles. The van der Waals surface area contributed by atoms with Gasteiger partial charge >= 0.3 is 6.61 Å². The summed E-state index contributed by atoms with van der Waals surface area (Å²) in [5, 5.41) is 0. The molecule has 2 aromatic rings. The first-order chi connectivity index (χ1) is 12.1. The van der Waals surface area contributed by atoms with Gasteiger partial charge in [0, 0.05) is 18.2 Å². The van der Waals surface area contributed by atoms with E-state index in [1.165, 1.54) is 25.3 Å². The predicted octanol–water partition coefficient (Wildman–Crippen LogP) is 4.10. The van der Waals surface area contributed by atoms with Gasteiger partial charge in [0.25, 0.3) is 5.91 Å². The van der Waals surface area contributed by atoms with Crippen LogP contribution < -0.4 is 9.47 Å². The van der Waals surface area contributed by atoms with Crippen LogP contribution in [0.1, 0.15) is 28.8 Å². The van der Waals surface area contributed by atoms with E-state index < -0.39 is 6.61 Å². The molecule has 1 fully saturated rings. The van der Waals surface area contributed by atoms with Crippen molar-refractivity contribution in [3.05, 3.63) is 59.7 Å². The maximum Gasteiger partial charge on any atom is 0.387 e. The van der Waals surface area contributed by atoms with E-state index in [9.17, 15) is 13.6 Å². The van der Waals surface area contributed by atoms with Crippen LogP contribution in [0.2, 0.25) is 0 Å². The SMILES string of the molecule is COc1cc(C(=O)N(Cc2ccccc2)C2CC2)ccc1OC(F)F. The standard InChI is InChI=1S/C19H19F2NO3/c1-24-17-11-14(7-10-16(17)25-19(20)21)18(23)22(15-8-9-15)12-13-5-3-2-4-6-13/h2-7,10-11,15,19H,8-9,12H2,1H3. The number of nitrogens with zero attached hydrogens (tertiary/aromatic N) is 1. The Morgan fingerprint density at radius 1 is 1.16 bits per heavy atom. The minimum Gasteiger partial charge on any atom is -0.493 e. The topological polar surface area (TPSA) is 38.8 Å². The number of hydrogen-bond donors (Lipinski definition) is 0. The summed E-state index contributed by atoms with van der Waals surface area (Å²) in [5.41, 5.74) is 1.44. The molecule has 0 saturated heterocycles. The zero-order chi connectivity index (χ0) is 17.8. The Morgan fingerprint density at radius 2 is 1.88 bits per heavy atom. The summed E-state index contributed by atoms with van der Waals surface area (Å²) in [7, 11) is 1.35. The van der Waals surface area contributed by atoms with Gasteiger partial charge in [0.15, 0.2) is 11.5 Å². The van der Waals surface area contributed by atoms with Gasteiger partial charge in [-0.15, -0.1) is 0 Å². The minimum absolute atomic E-state index is 0.0879. The van der Waals surface area contributed by atoms with Crippen LogP contribution in [0.15, 0.2) is 48.5 Å². The Labute approximate surface area is 145 Å². The van der Waals surface area contributed by atoms with E-state index in [0.29, 0.717) is 12.1 Å². The predicted molar refractivity (Wildman–Crippen MR) is 89.0 cm³/mol. The molecular weight excluding hydrogens is 328 g/mol. The molecule has 6 heteroatoms. The van der Waals surface area contributed by atoms with Gasteiger partial charge in [-0.1, -0.05) is 30.3 Å². The summed E-state index contributed by atoms with van der Waals surface area (Å²) >= 11 is 0. The number of ether oxygens (including phenoxy) is 2. The number of carbonyl (C=O) groups is 1. The molecule has 0 spiro atoms. The first-order valence-electron chi connectivity index (χ1n) is 8.06.